The molecule has 0 bridgehead atoms. The number of carbonyl (C=O) groups excluding carboxylic acids is 1. The summed E-state index contributed by atoms with van der Waals surface area (Å²) < 4.78 is 4.86. The van der Waals surface area contributed by atoms with Crippen LogP contribution < -0.4 is 10.6 Å². The summed E-state index contributed by atoms with van der Waals surface area (Å²) in [5.41, 5.74) is 0. The maximum Gasteiger partial charge on any atom is 0.326 e. The number of hydrogen-bond donors (Lipinski definition) is 3. The number of amides is 2. The lowest BCUT2D eigenvalue weighted by atomic mass is 10.1. The predicted molar refractivity (Wildman–Crippen MR) is 66.4 cm³/mol. The van der Waals surface area contributed by atoms with E-state index in [2.05, 4.69) is 17.6 Å². The van der Waals surface area contributed by atoms with Crippen LogP contribution >= 0.6 is 0 Å². The molecule has 1 aliphatic carbocycles. The fraction of sp³-hybridized carbons (Fsp3) is 0.833. The van der Waals surface area contributed by atoms with Crippen molar-refractivity contribution < 1.29 is 19.4 Å². The van der Waals surface area contributed by atoms with Crippen molar-refractivity contribution in [3.05, 3.63) is 0 Å². The van der Waals surface area contributed by atoms with Crippen molar-refractivity contribution >= 4 is 12.0 Å². The molecular weight excluding hydrogens is 236 g/mol. The molecule has 0 aromatic rings. The molecule has 3 N–H and O–H groups in total. The third-order valence-corrected chi connectivity index (χ3v) is 3.21. The molecule has 104 valence electrons. The standard InChI is InChI=1S/C12H22N2O4/c1-3-8-7-10(8)14-12(17)13-9(11(15)16)5-4-6-18-2/h8-10H,3-7H2,1-2H3,(H,15,16)(H2,13,14,17). The summed E-state index contributed by atoms with van der Waals surface area (Å²) >= 11 is 0. The van der Waals surface area contributed by atoms with Crippen molar-refractivity contribution in [2.75, 3.05) is 13.7 Å². The Labute approximate surface area is 107 Å². The molecule has 0 aliphatic heterocycles. The lowest BCUT2D eigenvalue weighted by molar-refractivity contribution is -0.139. The first-order chi connectivity index (χ1) is 8.58. The average Bonchev–Trinajstić information content (AvgIpc) is 3.06. The van der Waals surface area contributed by atoms with Crippen LogP contribution in [-0.2, 0) is 9.53 Å². The van der Waals surface area contributed by atoms with E-state index in [0.29, 0.717) is 25.4 Å². The molecule has 6 nitrogen and oxygen atoms in total. The molecular formula is C12H22N2O4. The van der Waals surface area contributed by atoms with Gasteiger partial charge in [0.25, 0.3) is 0 Å². The Hall–Kier alpha value is -1.30. The number of nitrogens with one attached hydrogen (secondary N) is 2. The zero-order chi connectivity index (χ0) is 13.5. The van der Waals surface area contributed by atoms with Crippen molar-refractivity contribution in [3.8, 4) is 0 Å². The molecule has 1 rings (SSSR count). The third kappa shape index (κ3) is 4.91. The van der Waals surface area contributed by atoms with Gasteiger partial charge >= 0.3 is 12.0 Å². The van der Waals surface area contributed by atoms with Gasteiger partial charge in [0, 0.05) is 19.8 Å². The maximum absolute atomic E-state index is 11.6. The minimum absolute atomic E-state index is 0.212. The molecule has 1 saturated carbocycles. The molecule has 3 unspecified atom stereocenters. The van der Waals surface area contributed by atoms with E-state index in [1.807, 2.05) is 0 Å². The largest absolute Gasteiger partial charge is 0.480 e. The monoisotopic (exact) mass is 258 g/mol. The number of methoxy groups -OCH3 is 1. The number of ether oxygens (including phenoxy) is 1. The summed E-state index contributed by atoms with van der Waals surface area (Å²) in [4.78, 5) is 22.6. The lowest BCUT2D eigenvalue weighted by Gasteiger charge is -2.15. The second kappa shape index (κ2) is 7.20. The van der Waals surface area contributed by atoms with Crippen LogP contribution in [0.1, 0.15) is 32.6 Å². The summed E-state index contributed by atoms with van der Waals surface area (Å²) in [5, 5.41) is 14.3. The number of carboxylic acids is 1. The van der Waals surface area contributed by atoms with E-state index in [1.165, 1.54) is 0 Å². The Bertz CT molecular complexity index is 296. The van der Waals surface area contributed by atoms with Gasteiger partial charge in [-0.2, -0.15) is 0 Å². The molecule has 0 aromatic carbocycles. The van der Waals surface area contributed by atoms with E-state index in [1.54, 1.807) is 7.11 Å². The van der Waals surface area contributed by atoms with Gasteiger partial charge in [0.15, 0.2) is 0 Å². The van der Waals surface area contributed by atoms with Gasteiger partial charge < -0.3 is 20.5 Å². The molecule has 1 fully saturated rings. The fourth-order valence-electron chi connectivity index (χ4n) is 1.93. The van der Waals surface area contributed by atoms with Gasteiger partial charge in [-0.25, -0.2) is 9.59 Å². The number of urea groups is 1. The Morgan fingerprint density at radius 3 is 2.72 bits per heavy atom. The number of carbonyl (C=O) groups is 2. The van der Waals surface area contributed by atoms with Gasteiger partial charge in [-0.3, -0.25) is 0 Å². The normalized spacial score (nSPS) is 23.2. The summed E-state index contributed by atoms with van der Waals surface area (Å²) in [6.07, 6.45) is 3.01. The Balaban J connectivity index is 2.27. The molecule has 2 amide bonds. The first-order valence-electron chi connectivity index (χ1n) is 6.37. The predicted octanol–water partition coefficient (Wildman–Crippen LogP) is 0.964. The highest BCUT2D eigenvalue weighted by atomic mass is 16.5. The van der Waals surface area contributed by atoms with E-state index in [0.717, 1.165) is 12.8 Å². The molecule has 18 heavy (non-hydrogen) atoms. The SMILES string of the molecule is CCC1CC1NC(=O)NC(CCCOC)C(=O)O. The highest BCUT2D eigenvalue weighted by molar-refractivity contribution is 5.82. The highest BCUT2D eigenvalue weighted by Gasteiger charge is 2.36. The van der Waals surface area contributed by atoms with Crippen LogP contribution in [0.2, 0.25) is 0 Å². The number of aliphatic carboxylic acids is 1. The molecule has 1 aliphatic rings. The van der Waals surface area contributed by atoms with Crippen molar-refractivity contribution in [1.29, 1.82) is 0 Å². The third-order valence-electron chi connectivity index (χ3n) is 3.21. The van der Waals surface area contributed by atoms with Crippen LogP contribution in [-0.4, -0.2) is 42.9 Å². The van der Waals surface area contributed by atoms with Crippen molar-refractivity contribution in [2.45, 2.75) is 44.7 Å². The minimum atomic E-state index is -1.01. The van der Waals surface area contributed by atoms with E-state index in [4.69, 9.17) is 9.84 Å². The van der Waals surface area contributed by atoms with Crippen LogP contribution in [0.15, 0.2) is 0 Å². The molecule has 3 atom stereocenters. The van der Waals surface area contributed by atoms with Crippen LogP contribution in [0.25, 0.3) is 0 Å². The first kappa shape index (κ1) is 14.8. The highest BCUT2D eigenvalue weighted by Crippen LogP contribution is 2.32. The first-order valence-corrected chi connectivity index (χ1v) is 6.37. The maximum atomic E-state index is 11.6. The zero-order valence-electron chi connectivity index (χ0n) is 10.9. The molecule has 0 saturated heterocycles. The van der Waals surface area contributed by atoms with Gasteiger partial charge in [0.2, 0.25) is 0 Å². The number of rotatable bonds is 8. The van der Waals surface area contributed by atoms with Crippen LogP contribution in [0.3, 0.4) is 0 Å². The van der Waals surface area contributed by atoms with Gasteiger partial charge in [-0.1, -0.05) is 13.3 Å². The van der Waals surface area contributed by atoms with Crippen molar-refractivity contribution in [2.24, 2.45) is 5.92 Å². The Kier molecular flexibility index (Phi) is 5.91. The van der Waals surface area contributed by atoms with Crippen molar-refractivity contribution in [1.82, 2.24) is 10.6 Å². The second-order valence-electron chi connectivity index (χ2n) is 4.65. The number of hydrogen-bond acceptors (Lipinski definition) is 3. The molecule has 0 radical (unpaired) electrons. The minimum Gasteiger partial charge on any atom is -0.480 e. The topological polar surface area (TPSA) is 87.7 Å². The van der Waals surface area contributed by atoms with Crippen LogP contribution in [0.4, 0.5) is 4.79 Å². The number of carboxylic acid groups (broad SMARTS) is 1. The zero-order valence-corrected chi connectivity index (χ0v) is 10.9. The van der Waals surface area contributed by atoms with Crippen LogP contribution in [0, 0.1) is 5.92 Å². The van der Waals surface area contributed by atoms with E-state index in [9.17, 15) is 9.59 Å². The van der Waals surface area contributed by atoms with Gasteiger partial charge in [0.05, 0.1) is 0 Å². The quantitative estimate of drug-likeness (QED) is 0.566. The van der Waals surface area contributed by atoms with Gasteiger partial charge in [-0.05, 0) is 25.2 Å². The summed E-state index contributed by atoms with van der Waals surface area (Å²) in [5.74, 6) is -0.461. The van der Waals surface area contributed by atoms with Crippen molar-refractivity contribution in [3.63, 3.8) is 0 Å². The summed E-state index contributed by atoms with van der Waals surface area (Å²) in [6.45, 7) is 2.57. The second-order valence-corrected chi connectivity index (χ2v) is 4.65. The molecule has 0 aromatic heterocycles. The summed E-state index contributed by atoms with van der Waals surface area (Å²) in [7, 11) is 1.56. The fourth-order valence-corrected chi connectivity index (χ4v) is 1.93. The van der Waals surface area contributed by atoms with E-state index >= 15 is 0 Å². The Morgan fingerprint density at radius 2 is 2.22 bits per heavy atom. The van der Waals surface area contributed by atoms with Gasteiger partial charge in [0.1, 0.15) is 6.04 Å². The van der Waals surface area contributed by atoms with Gasteiger partial charge in [-0.15, -0.1) is 0 Å². The molecule has 0 heterocycles. The smallest absolute Gasteiger partial charge is 0.326 e. The Morgan fingerprint density at radius 1 is 1.50 bits per heavy atom. The van der Waals surface area contributed by atoms with Crippen LogP contribution in [0.5, 0.6) is 0 Å². The molecule has 0 spiro atoms. The van der Waals surface area contributed by atoms with E-state index in [-0.39, 0.29) is 12.1 Å². The molecule has 6 heteroatoms. The lowest BCUT2D eigenvalue weighted by Crippen LogP contribution is -2.47. The average molecular weight is 258 g/mol. The van der Waals surface area contributed by atoms with E-state index < -0.39 is 12.0 Å². The summed E-state index contributed by atoms with van der Waals surface area (Å²) in [6, 6.07) is -1.02.